The molecule has 2 N–H and O–H groups in total. The number of phenols is 1. The van der Waals surface area contributed by atoms with Crippen molar-refractivity contribution in [3.63, 3.8) is 0 Å². The number of esters is 1. The first-order valence-electron chi connectivity index (χ1n) is 12.0. The third kappa shape index (κ3) is 5.31. The Morgan fingerprint density at radius 1 is 1.14 bits per heavy atom. The van der Waals surface area contributed by atoms with E-state index in [0.717, 1.165) is 22.4 Å². The molecule has 0 aliphatic carbocycles. The number of aryl methyl sites for hydroxylation is 3. The SMILES string of the molecule is CCOC(=O)CN1CC=C(c2cccc(N=Nc3c(C)[nH]n(-c4ccc(C)c(C)c4)c3=O)c2O)CC1. The highest BCUT2D eigenvalue weighted by Crippen LogP contribution is 2.37. The molecule has 4 rings (SSSR count). The second-order valence-electron chi connectivity index (χ2n) is 8.89. The summed E-state index contributed by atoms with van der Waals surface area (Å²) in [5, 5.41) is 22.4. The van der Waals surface area contributed by atoms with Crippen LogP contribution in [0.3, 0.4) is 0 Å². The molecule has 0 saturated carbocycles. The van der Waals surface area contributed by atoms with Crippen molar-refractivity contribution < 1.29 is 14.6 Å². The van der Waals surface area contributed by atoms with Crippen LogP contribution in [0.5, 0.6) is 5.75 Å². The standard InChI is InChI=1S/C27H31N5O4/c1-5-36-24(33)16-31-13-11-20(12-14-31)22-7-6-8-23(26(22)34)28-29-25-19(4)30-32(27(25)35)21-10-9-17(2)18(3)15-21/h6-11,15,30,34H,5,12-14,16H2,1-4H3. The van der Waals surface area contributed by atoms with Crippen molar-refractivity contribution in [2.45, 2.75) is 34.1 Å². The zero-order valence-corrected chi connectivity index (χ0v) is 21.0. The van der Waals surface area contributed by atoms with Crippen molar-refractivity contribution in [2.24, 2.45) is 10.2 Å². The lowest BCUT2D eigenvalue weighted by molar-refractivity contribution is -0.144. The minimum absolute atomic E-state index is 0.00835. The maximum atomic E-state index is 13.0. The van der Waals surface area contributed by atoms with Gasteiger partial charge in [0.1, 0.15) is 5.69 Å². The lowest BCUT2D eigenvalue weighted by Gasteiger charge is -2.25. The lowest BCUT2D eigenvalue weighted by atomic mass is 9.98. The zero-order chi connectivity index (χ0) is 25.8. The average molecular weight is 490 g/mol. The van der Waals surface area contributed by atoms with E-state index < -0.39 is 0 Å². The molecule has 3 aromatic rings. The molecule has 2 heterocycles. The van der Waals surface area contributed by atoms with Crippen LogP contribution in [-0.4, -0.2) is 52.0 Å². The molecular weight excluding hydrogens is 458 g/mol. The van der Waals surface area contributed by atoms with E-state index in [1.807, 2.05) is 49.1 Å². The summed E-state index contributed by atoms with van der Waals surface area (Å²) in [4.78, 5) is 26.8. The first-order chi connectivity index (χ1) is 17.3. The van der Waals surface area contributed by atoms with Gasteiger partial charge in [-0.2, -0.15) is 0 Å². The third-order valence-electron chi connectivity index (χ3n) is 6.36. The Morgan fingerprint density at radius 2 is 1.94 bits per heavy atom. The van der Waals surface area contributed by atoms with Crippen molar-refractivity contribution in [3.05, 3.63) is 75.2 Å². The van der Waals surface area contributed by atoms with Gasteiger partial charge in [-0.3, -0.25) is 19.6 Å². The summed E-state index contributed by atoms with van der Waals surface area (Å²) in [7, 11) is 0. The summed E-state index contributed by atoms with van der Waals surface area (Å²) < 4.78 is 6.46. The molecule has 0 bridgehead atoms. The largest absolute Gasteiger partial charge is 0.505 e. The van der Waals surface area contributed by atoms with Gasteiger partial charge in [-0.1, -0.05) is 24.3 Å². The average Bonchev–Trinajstić information content (AvgIpc) is 3.14. The number of carbonyl (C=O) groups excluding carboxylic acids is 1. The van der Waals surface area contributed by atoms with Crippen LogP contribution in [0.25, 0.3) is 11.3 Å². The molecule has 0 amide bonds. The molecule has 0 unspecified atom stereocenters. The molecule has 1 aliphatic rings. The van der Waals surface area contributed by atoms with E-state index in [1.165, 1.54) is 4.68 Å². The second kappa shape index (κ2) is 10.7. The number of benzene rings is 2. The molecule has 2 aromatic carbocycles. The van der Waals surface area contributed by atoms with Gasteiger partial charge in [0.25, 0.3) is 5.56 Å². The third-order valence-corrected chi connectivity index (χ3v) is 6.36. The normalized spacial score (nSPS) is 14.3. The number of ether oxygens (including phenoxy) is 1. The Kier molecular flexibility index (Phi) is 7.49. The molecule has 188 valence electrons. The highest BCUT2D eigenvalue weighted by atomic mass is 16.5. The van der Waals surface area contributed by atoms with Crippen molar-refractivity contribution in [1.82, 2.24) is 14.7 Å². The number of rotatable bonds is 7. The van der Waals surface area contributed by atoms with Crippen LogP contribution in [0.1, 0.15) is 35.7 Å². The fourth-order valence-corrected chi connectivity index (χ4v) is 4.17. The summed E-state index contributed by atoms with van der Waals surface area (Å²) in [6.07, 6.45) is 2.67. The number of nitrogens with zero attached hydrogens (tertiary/aromatic N) is 4. The second-order valence-corrected chi connectivity index (χ2v) is 8.89. The molecule has 1 aliphatic heterocycles. The quantitative estimate of drug-likeness (QED) is 0.363. The first kappa shape index (κ1) is 25.1. The van der Waals surface area contributed by atoms with E-state index in [1.54, 1.807) is 26.0 Å². The van der Waals surface area contributed by atoms with Crippen LogP contribution in [0.2, 0.25) is 0 Å². The van der Waals surface area contributed by atoms with Gasteiger partial charge in [-0.25, -0.2) is 4.68 Å². The van der Waals surface area contributed by atoms with Crippen molar-refractivity contribution >= 4 is 22.9 Å². The van der Waals surface area contributed by atoms with E-state index in [0.29, 0.717) is 37.4 Å². The van der Waals surface area contributed by atoms with Crippen molar-refractivity contribution in [2.75, 3.05) is 26.2 Å². The molecule has 9 heteroatoms. The molecule has 36 heavy (non-hydrogen) atoms. The number of phenolic OH excluding ortho intramolecular Hbond substituents is 1. The van der Waals surface area contributed by atoms with Crippen LogP contribution in [0.15, 0.2) is 57.5 Å². The van der Waals surface area contributed by atoms with Crippen LogP contribution >= 0.6 is 0 Å². The fourth-order valence-electron chi connectivity index (χ4n) is 4.17. The molecule has 1 aromatic heterocycles. The summed E-state index contributed by atoms with van der Waals surface area (Å²) in [6, 6.07) is 11.1. The summed E-state index contributed by atoms with van der Waals surface area (Å²) in [5.74, 6) is -0.231. The van der Waals surface area contributed by atoms with Gasteiger partial charge in [-0.15, -0.1) is 10.2 Å². The van der Waals surface area contributed by atoms with Crippen LogP contribution < -0.4 is 5.56 Å². The predicted molar refractivity (Wildman–Crippen MR) is 139 cm³/mol. The van der Waals surface area contributed by atoms with Gasteiger partial charge >= 0.3 is 5.97 Å². The number of azo groups is 1. The number of hydrogen-bond acceptors (Lipinski definition) is 7. The van der Waals surface area contributed by atoms with Gasteiger partial charge in [0, 0.05) is 18.7 Å². The van der Waals surface area contributed by atoms with E-state index in [9.17, 15) is 14.7 Å². The predicted octanol–water partition coefficient (Wildman–Crippen LogP) is 4.86. The number of hydrogen-bond donors (Lipinski definition) is 2. The Hall–Kier alpha value is -3.98. The minimum Gasteiger partial charge on any atom is -0.505 e. The number of aromatic amines is 1. The molecule has 0 atom stereocenters. The highest BCUT2D eigenvalue weighted by Gasteiger charge is 2.19. The maximum absolute atomic E-state index is 13.0. The Balaban J connectivity index is 1.55. The Labute approximate surface area is 209 Å². The minimum atomic E-state index is -0.313. The number of aromatic nitrogens is 2. The van der Waals surface area contributed by atoms with E-state index in [2.05, 4.69) is 15.3 Å². The van der Waals surface area contributed by atoms with Crippen LogP contribution in [-0.2, 0) is 9.53 Å². The van der Waals surface area contributed by atoms with Crippen molar-refractivity contribution in [1.29, 1.82) is 0 Å². The Morgan fingerprint density at radius 3 is 2.64 bits per heavy atom. The zero-order valence-electron chi connectivity index (χ0n) is 21.0. The summed E-state index contributed by atoms with van der Waals surface area (Å²) in [5.41, 5.74) is 5.31. The monoisotopic (exact) mass is 489 g/mol. The number of aromatic hydroxyl groups is 1. The number of para-hydroxylation sites is 1. The number of carbonyl (C=O) groups is 1. The van der Waals surface area contributed by atoms with Crippen LogP contribution in [0.4, 0.5) is 11.4 Å². The molecule has 0 saturated heterocycles. The topological polar surface area (TPSA) is 112 Å². The molecular formula is C27H31N5O4. The van der Waals surface area contributed by atoms with Crippen molar-refractivity contribution in [3.8, 4) is 11.4 Å². The highest BCUT2D eigenvalue weighted by molar-refractivity contribution is 5.76. The smallest absolute Gasteiger partial charge is 0.320 e. The number of nitrogens with one attached hydrogen (secondary N) is 1. The summed E-state index contributed by atoms with van der Waals surface area (Å²) in [6.45, 7) is 9.44. The van der Waals surface area contributed by atoms with Gasteiger partial charge < -0.3 is 9.84 Å². The van der Waals surface area contributed by atoms with E-state index in [-0.39, 0.29) is 35.2 Å². The van der Waals surface area contributed by atoms with Crippen LogP contribution in [0, 0.1) is 20.8 Å². The first-order valence-corrected chi connectivity index (χ1v) is 12.0. The molecule has 0 spiro atoms. The number of H-pyrrole nitrogens is 1. The summed E-state index contributed by atoms with van der Waals surface area (Å²) >= 11 is 0. The molecule has 0 radical (unpaired) electrons. The molecule has 0 fully saturated rings. The maximum Gasteiger partial charge on any atom is 0.320 e. The van der Waals surface area contributed by atoms with Gasteiger partial charge in [0.2, 0.25) is 0 Å². The lowest BCUT2D eigenvalue weighted by Crippen LogP contribution is -2.34. The van der Waals surface area contributed by atoms with E-state index in [4.69, 9.17) is 4.74 Å². The van der Waals surface area contributed by atoms with Gasteiger partial charge in [0.15, 0.2) is 11.4 Å². The van der Waals surface area contributed by atoms with Gasteiger partial charge in [-0.05, 0) is 69.0 Å². The van der Waals surface area contributed by atoms with Gasteiger partial charge in [0.05, 0.1) is 24.5 Å². The molecule has 9 nitrogen and oxygen atoms in total. The van der Waals surface area contributed by atoms with E-state index >= 15 is 0 Å². The fraction of sp³-hybridized carbons (Fsp3) is 0.333. The Bertz CT molecular complexity index is 1400.